The van der Waals surface area contributed by atoms with E-state index in [0.29, 0.717) is 0 Å². The van der Waals surface area contributed by atoms with E-state index < -0.39 is 0 Å². The van der Waals surface area contributed by atoms with Crippen molar-refractivity contribution in [3.63, 3.8) is 0 Å². The smallest absolute Gasteiger partial charge is 0.0158 e. The van der Waals surface area contributed by atoms with Gasteiger partial charge in [-0.3, -0.25) is 0 Å². The first-order valence-corrected chi connectivity index (χ1v) is 7.25. The number of nitrogens with one attached hydrogen (secondary N) is 1. The third-order valence-corrected chi connectivity index (χ3v) is 4.02. The van der Waals surface area contributed by atoms with Gasteiger partial charge in [-0.05, 0) is 37.5 Å². The molecule has 0 aromatic rings. The van der Waals surface area contributed by atoms with Gasteiger partial charge in [0.2, 0.25) is 0 Å². The Morgan fingerprint density at radius 1 is 1.36 bits per heavy atom. The Labute approximate surface area is 93.4 Å². The summed E-state index contributed by atoms with van der Waals surface area (Å²) in [6, 6.07) is 0.813. The molecule has 1 N–H and O–H groups in total. The molecule has 14 heavy (non-hydrogen) atoms. The molecule has 1 atom stereocenters. The Hall–Kier alpha value is 0.310. The SMILES string of the molecule is CC(C)CCCCNC1CCCSC1. The Morgan fingerprint density at radius 3 is 2.86 bits per heavy atom. The fraction of sp³-hybridized carbons (Fsp3) is 1.00. The third kappa shape index (κ3) is 5.92. The maximum atomic E-state index is 3.67. The summed E-state index contributed by atoms with van der Waals surface area (Å²) in [4.78, 5) is 0. The number of rotatable bonds is 6. The fourth-order valence-electron chi connectivity index (χ4n) is 1.89. The summed E-state index contributed by atoms with van der Waals surface area (Å²) in [5.74, 6) is 3.59. The summed E-state index contributed by atoms with van der Waals surface area (Å²) in [6.07, 6.45) is 6.95. The van der Waals surface area contributed by atoms with Gasteiger partial charge in [-0.15, -0.1) is 0 Å². The minimum Gasteiger partial charge on any atom is -0.313 e. The summed E-state index contributed by atoms with van der Waals surface area (Å²) >= 11 is 2.11. The van der Waals surface area contributed by atoms with E-state index in [-0.39, 0.29) is 0 Å². The molecule has 0 aromatic heterocycles. The summed E-state index contributed by atoms with van der Waals surface area (Å²) in [5.41, 5.74) is 0. The highest BCUT2D eigenvalue weighted by atomic mass is 32.2. The van der Waals surface area contributed by atoms with Crippen molar-refractivity contribution in [3.05, 3.63) is 0 Å². The summed E-state index contributed by atoms with van der Waals surface area (Å²) in [5, 5.41) is 3.67. The molecule has 0 spiro atoms. The van der Waals surface area contributed by atoms with Crippen molar-refractivity contribution in [2.75, 3.05) is 18.1 Å². The Bertz CT molecular complexity index is 130. The number of unbranched alkanes of at least 4 members (excludes halogenated alkanes) is 1. The van der Waals surface area contributed by atoms with Crippen LogP contribution in [-0.4, -0.2) is 24.1 Å². The Morgan fingerprint density at radius 2 is 2.21 bits per heavy atom. The molecular formula is C12H25NS. The van der Waals surface area contributed by atoms with Crippen molar-refractivity contribution >= 4 is 11.8 Å². The highest BCUT2D eigenvalue weighted by Crippen LogP contribution is 2.16. The molecule has 1 unspecified atom stereocenters. The largest absolute Gasteiger partial charge is 0.313 e. The van der Waals surface area contributed by atoms with Crippen LogP contribution in [0.5, 0.6) is 0 Å². The van der Waals surface area contributed by atoms with Gasteiger partial charge >= 0.3 is 0 Å². The summed E-state index contributed by atoms with van der Waals surface area (Å²) in [7, 11) is 0. The molecular weight excluding hydrogens is 190 g/mol. The normalized spacial score (nSPS) is 22.9. The fourth-order valence-corrected chi connectivity index (χ4v) is 2.99. The molecule has 1 saturated heterocycles. The van der Waals surface area contributed by atoms with Crippen molar-refractivity contribution in [2.45, 2.75) is 52.0 Å². The van der Waals surface area contributed by atoms with Gasteiger partial charge in [-0.25, -0.2) is 0 Å². The van der Waals surface area contributed by atoms with E-state index >= 15 is 0 Å². The molecule has 1 heterocycles. The van der Waals surface area contributed by atoms with Crippen molar-refractivity contribution in [3.8, 4) is 0 Å². The summed E-state index contributed by atoms with van der Waals surface area (Å²) in [6.45, 7) is 5.86. The molecule has 1 aliphatic heterocycles. The van der Waals surface area contributed by atoms with Gasteiger partial charge in [0.15, 0.2) is 0 Å². The highest BCUT2D eigenvalue weighted by molar-refractivity contribution is 7.99. The van der Waals surface area contributed by atoms with Crippen molar-refractivity contribution in [2.24, 2.45) is 5.92 Å². The molecule has 2 heteroatoms. The third-order valence-electron chi connectivity index (χ3n) is 2.80. The van der Waals surface area contributed by atoms with E-state index in [2.05, 4.69) is 30.9 Å². The van der Waals surface area contributed by atoms with Crippen LogP contribution in [0, 0.1) is 5.92 Å². The second kappa shape index (κ2) is 7.58. The van der Waals surface area contributed by atoms with Gasteiger partial charge in [-0.1, -0.05) is 26.7 Å². The van der Waals surface area contributed by atoms with Gasteiger partial charge in [0, 0.05) is 11.8 Å². The van der Waals surface area contributed by atoms with Crippen LogP contribution in [0.25, 0.3) is 0 Å². The Balaban J connectivity index is 1.87. The molecule has 1 nitrogen and oxygen atoms in total. The zero-order chi connectivity index (χ0) is 10.2. The van der Waals surface area contributed by atoms with Crippen LogP contribution in [0.15, 0.2) is 0 Å². The van der Waals surface area contributed by atoms with Gasteiger partial charge < -0.3 is 5.32 Å². The number of thioether (sulfide) groups is 1. The monoisotopic (exact) mass is 215 g/mol. The number of hydrogen-bond acceptors (Lipinski definition) is 2. The molecule has 1 aliphatic rings. The maximum absolute atomic E-state index is 3.67. The average molecular weight is 215 g/mol. The molecule has 0 bridgehead atoms. The van der Waals surface area contributed by atoms with E-state index in [4.69, 9.17) is 0 Å². The molecule has 0 aliphatic carbocycles. The summed E-state index contributed by atoms with van der Waals surface area (Å²) < 4.78 is 0. The predicted octanol–water partition coefficient (Wildman–Crippen LogP) is 3.30. The molecule has 0 radical (unpaired) electrons. The first-order chi connectivity index (χ1) is 6.79. The first kappa shape index (κ1) is 12.4. The van der Waals surface area contributed by atoms with Gasteiger partial charge in [0.1, 0.15) is 0 Å². The van der Waals surface area contributed by atoms with E-state index in [0.717, 1.165) is 12.0 Å². The molecule has 1 rings (SSSR count). The van der Waals surface area contributed by atoms with E-state index in [1.165, 1.54) is 50.2 Å². The van der Waals surface area contributed by atoms with E-state index in [9.17, 15) is 0 Å². The van der Waals surface area contributed by atoms with Gasteiger partial charge in [0.25, 0.3) is 0 Å². The van der Waals surface area contributed by atoms with Crippen LogP contribution in [0.2, 0.25) is 0 Å². The molecule has 1 fully saturated rings. The van der Waals surface area contributed by atoms with E-state index in [1.807, 2.05) is 0 Å². The second-order valence-corrected chi connectivity index (χ2v) is 5.91. The standard InChI is InChI=1S/C12H25NS/c1-11(2)6-3-4-8-13-12-7-5-9-14-10-12/h11-13H,3-10H2,1-2H3. The average Bonchev–Trinajstić information content (AvgIpc) is 2.18. The minimum atomic E-state index is 0.813. The quantitative estimate of drug-likeness (QED) is 0.682. The van der Waals surface area contributed by atoms with Crippen LogP contribution in [0.1, 0.15) is 46.0 Å². The van der Waals surface area contributed by atoms with Gasteiger partial charge in [0.05, 0.1) is 0 Å². The molecule has 0 aromatic carbocycles. The Kier molecular flexibility index (Phi) is 6.70. The lowest BCUT2D eigenvalue weighted by atomic mass is 10.1. The second-order valence-electron chi connectivity index (χ2n) is 4.76. The zero-order valence-electron chi connectivity index (χ0n) is 9.72. The molecule has 84 valence electrons. The molecule has 0 amide bonds. The highest BCUT2D eigenvalue weighted by Gasteiger charge is 2.11. The van der Waals surface area contributed by atoms with Crippen molar-refractivity contribution in [1.29, 1.82) is 0 Å². The van der Waals surface area contributed by atoms with Crippen LogP contribution >= 0.6 is 11.8 Å². The maximum Gasteiger partial charge on any atom is 0.0158 e. The topological polar surface area (TPSA) is 12.0 Å². The van der Waals surface area contributed by atoms with Crippen LogP contribution in [0.3, 0.4) is 0 Å². The van der Waals surface area contributed by atoms with Crippen LogP contribution in [0.4, 0.5) is 0 Å². The zero-order valence-corrected chi connectivity index (χ0v) is 10.5. The molecule has 0 saturated carbocycles. The van der Waals surface area contributed by atoms with Crippen LogP contribution in [-0.2, 0) is 0 Å². The lowest BCUT2D eigenvalue weighted by Gasteiger charge is -2.22. The number of hydrogen-bond donors (Lipinski definition) is 1. The first-order valence-electron chi connectivity index (χ1n) is 6.10. The lowest BCUT2D eigenvalue weighted by Crippen LogP contribution is -2.34. The van der Waals surface area contributed by atoms with Crippen LogP contribution < -0.4 is 5.32 Å². The van der Waals surface area contributed by atoms with Crippen molar-refractivity contribution in [1.82, 2.24) is 5.32 Å². The lowest BCUT2D eigenvalue weighted by molar-refractivity contribution is 0.473. The van der Waals surface area contributed by atoms with Gasteiger partial charge in [-0.2, -0.15) is 11.8 Å². The van der Waals surface area contributed by atoms with Crippen molar-refractivity contribution < 1.29 is 0 Å². The minimum absolute atomic E-state index is 0.813. The van der Waals surface area contributed by atoms with E-state index in [1.54, 1.807) is 0 Å². The predicted molar refractivity (Wildman–Crippen MR) is 67.0 cm³/mol.